The van der Waals surface area contributed by atoms with Crippen molar-refractivity contribution >= 4 is 16.6 Å². The molecule has 0 atom stereocenters. The van der Waals surface area contributed by atoms with E-state index in [9.17, 15) is 10.1 Å². The molecule has 0 spiro atoms. The fourth-order valence-electron chi connectivity index (χ4n) is 2.97. The minimum atomic E-state index is -0.409. The highest BCUT2D eigenvalue weighted by Gasteiger charge is 2.15. The van der Waals surface area contributed by atoms with E-state index >= 15 is 0 Å². The zero-order valence-corrected chi connectivity index (χ0v) is 13.5. The highest BCUT2D eigenvalue weighted by atomic mass is 16.6. The van der Waals surface area contributed by atoms with Crippen molar-refractivity contribution in [2.75, 3.05) is 0 Å². The van der Waals surface area contributed by atoms with Gasteiger partial charge in [-0.1, -0.05) is 30.3 Å². The molecule has 2 aromatic heterocycles. The second kappa shape index (κ2) is 5.83. The molecule has 0 saturated carbocycles. The van der Waals surface area contributed by atoms with E-state index in [1.54, 1.807) is 23.0 Å². The maximum Gasteiger partial charge on any atom is 0.269 e. The summed E-state index contributed by atoms with van der Waals surface area (Å²) in [5, 5.41) is 16.4. The molecule has 0 saturated heterocycles. The first-order valence-electron chi connectivity index (χ1n) is 7.80. The lowest BCUT2D eigenvalue weighted by Gasteiger charge is -2.05. The van der Waals surface area contributed by atoms with Crippen LogP contribution in [-0.2, 0) is 0 Å². The summed E-state index contributed by atoms with van der Waals surface area (Å²) in [6, 6.07) is 18.2. The molecule has 2 aromatic carbocycles. The number of fused-ring (bicyclic) bond motifs is 1. The van der Waals surface area contributed by atoms with Crippen LogP contribution in [0.3, 0.4) is 0 Å². The lowest BCUT2D eigenvalue weighted by molar-refractivity contribution is -0.384. The molecule has 0 aliphatic rings. The minimum Gasteiger partial charge on any atom is -0.258 e. The van der Waals surface area contributed by atoms with Crippen LogP contribution in [0.1, 0.15) is 5.69 Å². The summed E-state index contributed by atoms with van der Waals surface area (Å²) in [5.74, 6) is 0. The highest BCUT2D eigenvalue weighted by molar-refractivity contribution is 5.95. The number of rotatable bonds is 3. The third-order valence-electron chi connectivity index (χ3n) is 4.12. The highest BCUT2D eigenvalue weighted by Crippen LogP contribution is 2.30. The fourth-order valence-corrected chi connectivity index (χ4v) is 2.97. The van der Waals surface area contributed by atoms with Gasteiger partial charge in [0.05, 0.1) is 27.5 Å². The van der Waals surface area contributed by atoms with E-state index in [-0.39, 0.29) is 5.69 Å². The quantitative estimate of drug-likeness (QED) is 0.414. The molecule has 4 rings (SSSR count). The third-order valence-corrected chi connectivity index (χ3v) is 4.12. The summed E-state index contributed by atoms with van der Waals surface area (Å²) in [6.45, 7) is 1.94. The van der Waals surface area contributed by atoms with Crippen molar-refractivity contribution in [3.05, 3.63) is 82.7 Å². The molecule has 25 heavy (non-hydrogen) atoms. The smallest absolute Gasteiger partial charge is 0.258 e. The van der Waals surface area contributed by atoms with Crippen molar-refractivity contribution in [2.24, 2.45) is 0 Å². The number of pyridine rings is 1. The van der Waals surface area contributed by atoms with E-state index in [0.717, 1.165) is 33.5 Å². The fraction of sp³-hybridized carbons (Fsp3) is 0.0526. The van der Waals surface area contributed by atoms with Crippen LogP contribution in [-0.4, -0.2) is 19.7 Å². The van der Waals surface area contributed by atoms with E-state index in [4.69, 9.17) is 0 Å². The molecule has 0 unspecified atom stereocenters. The second-order valence-corrected chi connectivity index (χ2v) is 5.69. The Morgan fingerprint density at radius 3 is 2.40 bits per heavy atom. The van der Waals surface area contributed by atoms with Crippen molar-refractivity contribution in [2.45, 2.75) is 6.92 Å². The Kier molecular flexibility index (Phi) is 3.50. The summed E-state index contributed by atoms with van der Waals surface area (Å²) in [4.78, 5) is 15.0. The summed E-state index contributed by atoms with van der Waals surface area (Å²) < 4.78 is 1.79. The minimum absolute atomic E-state index is 0.0589. The standard InChI is InChI=1S/C19H14N4O2/c1-13-18-17(11-12-20-19(18)14-5-3-2-4-6-14)22(21-13)15-7-9-16(10-8-15)23(24)25/h2-12H,1H3. The average molecular weight is 330 g/mol. The molecule has 0 amide bonds. The van der Waals surface area contributed by atoms with Gasteiger partial charge in [0.15, 0.2) is 0 Å². The Morgan fingerprint density at radius 2 is 1.72 bits per heavy atom. The molecular formula is C19H14N4O2. The van der Waals surface area contributed by atoms with Gasteiger partial charge in [0.1, 0.15) is 0 Å². The second-order valence-electron chi connectivity index (χ2n) is 5.69. The van der Waals surface area contributed by atoms with Crippen LogP contribution in [0.15, 0.2) is 66.9 Å². The SMILES string of the molecule is Cc1nn(-c2ccc([N+](=O)[O-])cc2)c2ccnc(-c3ccccc3)c12. The molecule has 0 aliphatic carbocycles. The number of nitrogens with zero attached hydrogens (tertiary/aromatic N) is 4. The Morgan fingerprint density at radius 1 is 1.00 bits per heavy atom. The van der Waals surface area contributed by atoms with E-state index in [1.165, 1.54) is 12.1 Å². The number of nitro benzene ring substituents is 1. The van der Waals surface area contributed by atoms with Gasteiger partial charge < -0.3 is 0 Å². The molecular weight excluding hydrogens is 316 g/mol. The van der Waals surface area contributed by atoms with Crippen LogP contribution in [0.2, 0.25) is 0 Å². The summed E-state index contributed by atoms with van der Waals surface area (Å²) in [6.07, 6.45) is 1.76. The summed E-state index contributed by atoms with van der Waals surface area (Å²) in [7, 11) is 0. The Balaban J connectivity index is 1.91. The van der Waals surface area contributed by atoms with Crippen LogP contribution < -0.4 is 0 Å². The van der Waals surface area contributed by atoms with Crippen molar-refractivity contribution in [1.82, 2.24) is 14.8 Å². The molecule has 4 aromatic rings. The number of hydrogen-bond acceptors (Lipinski definition) is 4. The lowest BCUT2D eigenvalue weighted by atomic mass is 10.1. The maximum absolute atomic E-state index is 10.8. The number of hydrogen-bond donors (Lipinski definition) is 0. The number of aryl methyl sites for hydroxylation is 1. The van der Waals surface area contributed by atoms with Crippen LogP contribution in [0, 0.1) is 17.0 Å². The number of aromatic nitrogens is 3. The molecule has 122 valence electrons. The first kappa shape index (κ1) is 15.0. The summed E-state index contributed by atoms with van der Waals surface area (Å²) >= 11 is 0. The van der Waals surface area contributed by atoms with Crippen molar-refractivity contribution in [1.29, 1.82) is 0 Å². The lowest BCUT2D eigenvalue weighted by Crippen LogP contribution is -1.97. The third kappa shape index (κ3) is 2.53. The molecule has 6 heteroatoms. The predicted octanol–water partition coefficient (Wildman–Crippen LogP) is 4.30. The predicted molar refractivity (Wildman–Crippen MR) is 95.7 cm³/mol. The van der Waals surface area contributed by atoms with Crippen LogP contribution >= 0.6 is 0 Å². The van der Waals surface area contributed by atoms with E-state index in [1.807, 2.05) is 43.3 Å². The topological polar surface area (TPSA) is 73.8 Å². The first-order chi connectivity index (χ1) is 12.1. The molecule has 0 fully saturated rings. The Labute approximate surface area is 143 Å². The first-order valence-corrected chi connectivity index (χ1v) is 7.80. The van der Waals surface area contributed by atoms with E-state index in [0.29, 0.717) is 0 Å². The monoisotopic (exact) mass is 330 g/mol. The molecule has 2 heterocycles. The van der Waals surface area contributed by atoms with Gasteiger partial charge in [0.25, 0.3) is 5.69 Å². The van der Waals surface area contributed by atoms with Gasteiger partial charge in [-0.25, -0.2) is 4.68 Å². The van der Waals surface area contributed by atoms with Crippen LogP contribution in [0.4, 0.5) is 5.69 Å². The zero-order valence-electron chi connectivity index (χ0n) is 13.5. The zero-order chi connectivity index (χ0) is 17.4. The Hall–Kier alpha value is -3.54. The molecule has 0 aliphatic heterocycles. The summed E-state index contributed by atoms with van der Waals surface area (Å²) in [5.41, 5.74) is 4.52. The molecule has 0 radical (unpaired) electrons. The van der Waals surface area contributed by atoms with Gasteiger partial charge in [-0.3, -0.25) is 15.1 Å². The maximum atomic E-state index is 10.8. The largest absolute Gasteiger partial charge is 0.269 e. The van der Waals surface area contributed by atoms with Gasteiger partial charge >= 0.3 is 0 Å². The van der Waals surface area contributed by atoms with Crippen LogP contribution in [0.5, 0.6) is 0 Å². The van der Waals surface area contributed by atoms with Crippen molar-refractivity contribution in [3.63, 3.8) is 0 Å². The van der Waals surface area contributed by atoms with Gasteiger partial charge in [-0.2, -0.15) is 5.10 Å². The molecule has 0 N–H and O–H groups in total. The number of nitro groups is 1. The molecule has 0 bridgehead atoms. The number of benzene rings is 2. The van der Waals surface area contributed by atoms with Crippen molar-refractivity contribution < 1.29 is 4.92 Å². The van der Waals surface area contributed by atoms with Gasteiger partial charge in [0.2, 0.25) is 0 Å². The normalized spacial score (nSPS) is 10.9. The van der Waals surface area contributed by atoms with Gasteiger partial charge in [-0.05, 0) is 25.1 Å². The van der Waals surface area contributed by atoms with E-state index in [2.05, 4.69) is 10.1 Å². The van der Waals surface area contributed by atoms with Gasteiger partial charge in [-0.15, -0.1) is 0 Å². The van der Waals surface area contributed by atoms with Gasteiger partial charge in [0, 0.05) is 29.3 Å². The number of non-ortho nitro benzene ring substituents is 1. The van der Waals surface area contributed by atoms with Crippen LogP contribution in [0.25, 0.3) is 27.8 Å². The molecule has 6 nitrogen and oxygen atoms in total. The van der Waals surface area contributed by atoms with Crippen molar-refractivity contribution in [3.8, 4) is 16.9 Å². The average Bonchev–Trinajstić information content (AvgIpc) is 2.99. The Bertz CT molecular complexity index is 1070. The van der Waals surface area contributed by atoms with E-state index < -0.39 is 4.92 Å².